The van der Waals surface area contributed by atoms with Gasteiger partial charge in [0, 0.05) is 5.56 Å². The Morgan fingerprint density at radius 1 is 1.00 bits per heavy atom. The third-order valence-corrected chi connectivity index (χ3v) is 4.98. The van der Waals surface area contributed by atoms with E-state index in [4.69, 9.17) is 32.7 Å². The third kappa shape index (κ3) is 5.33. The summed E-state index contributed by atoms with van der Waals surface area (Å²) in [5, 5.41) is 10.4. The van der Waals surface area contributed by atoms with Gasteiger partial charge < -0.3 is 9.47 Å². The van der Waals surface area contributed by atoms with E-state index in [0.29, 0.717) is 33.7 Å². The van der Waals surface area contributed by atoms with Gasteiger partial charge in [-0.1, -0.05) is 53.5 Å². The van der Waals surface area contributed by atoms with Crippen molar-refractivity contribution in [3.63, 3.8) is 0 Å². The van der Waals surface area contributed by atoms with Crippen LogP contribution in [-0.4, -0.2) is 6.61 Å². The minimum Gasteiger partial charge on any atom is -0.490 e. The Labute approximate surface area is 184 Å². The summed E-state index contributed by atoms with van der Waals surface area (Å²) in [5.74, 6) is 0.624. The van der Waals surface area contributed by atoms with Crippen LogP contribution in [-0.2, 0) is 6.61 Å². The summed E-state index contributed by atoms with van der Waals surface area (Å²) in [6, 6.07) is 18.8. The molecule has 0 saturated heterocycles. The number of ether oxygens (including phenoxy) is 2. The van der Waals surface area contributed by atoms with Crippen molar-refractivity contribution < 1.29 is 13.9 Å². The van der Waals surface area contributed by atoms with Crippen LogP contribution in [0.4, 0.5) is 4.39 Å². The van der Waals surface area contributed by atoms with Crippen molar-refractivity contribution in [3.8, 4) is 17.6 Å². The Bertz CT molecular complexity index is 1120. The van der Waals surface area contributed by atoms with Crippen molar-refractivity contribution in [2.75, 3.05) is 6.61 Å². The maximum Gasteiger partial charge on any atom is 0.161 e. The second-order valence-corrected chi connectivity index (χ2v) is 7.14. The first-order valence-corrected chi connectivity index (χ1v) is 9.97. The van der Waals surface area contributed by atoms with E-state index >= 15 is 0 Å². The second kappa shape index (κ2) is 10.2. The van der Waals surface area contributed by atoms with Gasteiger partial charge in [-0.3, -0.25) is 0 Å². The highest BCUT2D eigenvalue weighted by Gasteiger charge is 2.10. The average molecular weight is 442 g/mol. The predicted octanol–water partition coefficient (Wildman–Crippen LogP) is 7.17. The average Bonchev–Trinajstić information content (AvgIpc) is 2.74. The standard InChI is InChI=1S/C24H18Cl2FNO2/c1-2-29-24-13-16(11-18(14-28)19-5-3-4-6-22(19)27)8-10-23(24)30-15-17-7-9-20(25)21(26)12-17/h3-13H,2,15H2,1H3/b18-11-. The molecule has 0 fully saturated rings. The van der Waals surface area contributed by atoms with E-state index in [1.165, 1.54) is 6.07 Å². The molecule has 0 radical (unpaired) electrons. The fourth-order valence-corrected chi connectivity index (χ4v) is 3.13. The summed E-state index contributed by atoms with van der Waals surface area (Å²) in [6.45, 7) is 2.59. The molecular formula is C24H18Cl2FNO2. The van der Waals surface area contributed by atoms with Crippen LogP contribution in [0.5, 0.6) is 11.5 Å². The summed E-state index contributed by atoms with van der Waals surface area (Å²) in [4.78, 5) is 0. The van der Waals surface area contributed by atoms with Gasteiger partial charge in [0.15, 0.2) is 11.5 Å². The first kappa shape index (κ1) is 21.7. The lowest BCUT2D eigenvalue weighted by Crippen LogP contribution is -2.00. The van der Waals surface area contributed by atoms with E-state index in [2.05, 4.69) is 6.07 Å². The molecule has 30 heavy (non-hydrogen) atoms. The van der Waals surface area contributed by atoms with Crippen LogP contribution in [0.1, 0.15) is 23.6 Å². The third-order valence-electron chi connectivity index (χ3n) is 4.24. The molecule has 0 aliphatic heterocycles. The monoisotopic (exact) mass is 441 g/mol. The highest BCUT2D eigenvalue weighted by molar-refractivity contribution is 6.42. The zero-order valence-corrected chi connectivity index (χ0v) is 17.7. The van der Waals surface area contributed by atoms with Gasteiger partial charge in [0.25, 0.3) is 0 Å². The second-order valence-electron chi connectivity index (χ2n) is 6.33. The molecule has 0 spiro atoms. The number of allylic oxidation sites excluding steroid dienone is 1. The lowest BCUT2D eigenvalue weighted by atomic mass is 10.0. The molecule has 3 nitrogen and oxygen atoms in total. The highest BCUT2D eigenvalue weighted by atomic mass is 35.5. The number of hydrogen-bond donors (Lipinski definition) is 0. The Balaban J connectivity index is 1.86. The molecule has 6 heteroatoms. The lowest BCUT2D eigenvalue weighted by molar-refractivity contribution is 0.269. The number of rotatable bonds is 7. The van der Waals surface area contributed by atoms with Gasteiger partial charge in [0.2, 0.25) is 0 Å². The molecule has 0 aromatic heterocycles. The molecule has 0 aliphatic rings. The SMILES string of the molecule is CCOc1cc(/C=C(/C#N)c2ccccc2F)ccc1OCc1ccc(Cl)c(Cl)c1. The molecule has 0 heterocycles. The lowest BCUT2D eigenvalue weighted by Gasteiger charge is -2.13. The molecule has 3 rings (SSSR count). The molecule has 0 N–H and O–H groups in total. The van der Waals surface area contributed by atoms with Gasteiger partial charge in [-0.25, -0.2) is 4.39 Å². The smallest absolute Gasteiger partial charge is 0.161 e. The molecule has 152 valence electrons. The summed E-state index contributed by atoms with van der Waals surface area (Å²) < 4.78 is 25.6. The molecule has 3 aromatic carbocycles. The molecule has 0 bridgehead atoms. The van der Waals surface area contributed by atoms with Crippen LogP contribution in [0.2, 0.25) is 10.0 Å². The fourth-order valence-electron chi connectivity index (χ4n) is 2.81. The van der Waals surface area contributed by atoms with Crippen LogP contribution in [0.25, 0.3) is 11.6 Å². The Morgan fingerprint density at radius 2 is 1.80 bits per heavy atom. The Morgan fingerprint density at radius 3 is 2.50 bits per heavy atom. The summed E-state index contributed by atoms with van der Waals surface area (Å²) >= 11 is 12.0. The van der Waals surface area contributed by atoms with Crippen LogP contribution < -0.4 is 9.47 Å². The molecule has 0 unspecified atom stereocenters. The molecule has 3 aromatic rings. The predicted molar refractivity (Wildman–Crippen MR) is 118 cm³/mol. The van der Waals surface area contributed by atoms with Crippen molar-refractivity contribution in [3.05, 3.63) is 93.2 Å². The van der Waals surface area contributed by atoms with Crippen LogP contribution in [0.3, 0.4) is 0 Å². The van der Waals surface area contributed by atoms with Crippen molar-refractivity contribution in [2.45, 2.75) is 13.5 Å². The van der Waals surface area contributed by atoms with E-state index in [1.807, 2.05) is 13.0 Å². The van der Waals surface area contributed by atoms with Crippen molar-refractivity contribution in [1.82, 2.24) is 0 Å². The number of hydrogen-bond acceptors (Lipinski definition) is 3. The van der Waals surface area contributed by atoms with Crippen LogP contribution >= 0.6 is 23.2 Å². The molecule has 0 aliphatic carbocycles. The van der Waals surface area contributed by atoms with E-state index in [9.17, 15) is 9.65 Å². The van der Waals surface area contributed by atoms with E-state index in [0.717, 1.165) is 5.56 Å². The van der Waals surface area contributed by atoms with Crippen LogP contribution in [0, 0.1) is 17.1 Å². The van der Waals surface area contributed by atoms with Crippen molar-refractivity contribution in [1.29, 1.82) is 5.26 Å². The topological polar surface area (TPSA) is 42.2 Å². The summed E-state index contributed by atoms with van der Waals surface area (Å²) in [5.41, 5.74) is 2.03. The first-order chi connectivity index (χ1) is 14.5. The summed E-state index contributed by atoms with van der Waals surface area (Å²) in [6.07, 6.45) is 1.61. The minimum atomic E-state index is -0.447. The Kier molecular flexibility index (Phi) is 7.35. The number of halogens is 3. The normalized spacial score (nSPS) is 11.1. The maximum absolute atomic E-state index is 14.1. The summed E-state index contributed by atoms with van der Waals surface area (Å²) in [7, 11) is 0. The number of nitrogens with zero attached hydrogens (tertiary/aromatic N) is 1. The molecular weight excluding hydrogens is 424 g/mol. The quantitative estimate of drug-likeness (QED) is 0.288. The zero-order valence-electron chi connectivity index (χ0n) is 16.2. The largest absolute Gasteiger partial charge is 0.490 e. The van der Waals surface area contributed by atoms with Gasteiger partial charge in [-0.2, -0.15) is 5.26 Å². The molecule has 0 amide bonds. The zero-order chi connectivity index (χ0) is 21.5. The maximum atomic E-state index is 14.1. The van der Waals surface area contributed by atoms with Gasteiger partial charge in [-0.05, 0) is 54.5 Å². The number of nitriles is 1. The fraction of sp³-hybridized carbons (Fsp3) is 0.125. The highest BCUT2D eigenvalue weighted by Crippen LogP contribution is 2.32. The van der Waals surface area contributed by atoms with Crippen LogP contribution in [0.15, 0.2) is 60.7 Å². The minimum absolute atomic E-state index is 0.222. The Hall–Kier alpha value is -3.00. The van der Waals surface area contributed by atoms with E-state index in [1.54, 1.807) is 54.6 Å². The van der Waals surface area contributed by atoms with Gasteiger partial charge in [-0.15, -0.1) is 0 Å². The van der Waals surface area contributed by atoms with E-state index < -0.39 is 5.82 Å². The van der Waals surface area contributed by atoms with Gasteiger partial charge in [0.1, 0.15) is 12.4 Å². The molecule has 0 atom stereocenters. The van der Waals surface area contributed by atoms with E-state index in [-0.39, 0.29) is 17.7 Å². The van der Waals surface area contributed by atoms with Gasteiger partial charge >= 0.3 is 0 Å². The van der Waals surface area contributed by atoms with Gasteiger partial charge in [0.05, 0.1) is 28.3 Å². The first-order valence-electron chi connectivity index (χ1n) is 9.22. The molecule has 0 saturated carbocycles. The van der Waals surface area contributed by atoms with Crippen molar-refractivity contribution in [2.24, 2.45) is 0 Å². The number of benzene rings is 3. The van der Waals surface area contributed by atoms with Crippen molar-refractivity contribution >= 4 is 34.9 Å².